The number of pyridine rings is 1. The molecule has 0 bridgehead atoms. The van der Waals surface area contributed by atoms with E-state index < -0.39 is 0 Å². The predicted molar refractivity (Wildman–Crippen MR) is 83.6 cm³/mol. The van der Waals surface area contributed by atoms with Gasteiger partial charge in [0.1, 0.15) is 0 Å². The Morgan fingerprint density at radius 2 is 1.84 bits per heavy atom. The Hall–Kier alpha value is -1.77. The second-order valence-electron chi connectivity index (χ2n) is 5.65. The lowest BCUT2D eigenvalue weighted by molar-refractivity contribution is 0.506. The Bertz CT molecular complexity index is 590. The summed E-state index contributed by atoms with van der Waals surface area (Å²) in [5, 5.41) is 1.13. The van der Waals surface area contributed by atoms with Crippen molar-refractivity contribution in [1.29, 1.82) is 0 Å². The number of aryl methyl sites for hydroxylation is 1. The number of nitrogens with zero attached hydrogens (tertiary/aromatic N) is 2. The maximum atomic E-state index is 5.92. The summed E-state index contributed by atoms with van der Waals surface area (Å²) < 4.78 is 0. The van der Waals surface area contributed by atoms with Gasteiger partial charge in [0.05, 0.1) is 5.52 Å². The molecule has 2 N–H and O–H groups in total. The summed E-state index contributed by atoms with van der Waals surface area (Å²) in [6, 6.07) is 8.52. The number of aromatic nitrogens is 1. The van der Waals surface area contributed by atoms with E-state index in [-0.39, 0.29) is 0 Å². The van der Waals surface area contributed by atoms with Gasteiger partial charge in [0.2, 0.25) is 0 Å². The molecule has 0 spiro atoms. The highest BCUT2D eigenvalue weighted by molar-refractivity contribution is 5.94. The molecule has 1 aromatic carbocycles. The van der Waals surface area contributed by atoms with Crippen LogP contribution in [-0.2, 0) is 0 Å². The van der Waals surface area contributed by atoms with E-state index in [0.717, 1.165) is 22.3 Å². The third-order valence-electron chi connectivity index (χ3n) is 3.89. The minimum atomic E-state index is 0.464. The summed E-state index contributed by atoms with van der Waals surface area (Å²) in [5.41, 5.74) is 9.95. The Morgan fingerprint density at radius 3 is 2.47 bits per heavy atom. The van der Waals surface area contributed by atoms with Gasteiger partial charge in [-0.05, 0) is 44.0 Å². The second kappa shape index (κ2) is 5.08. The number of hydrogen-bond acceptors (Lipinski definition) is 3. The SMILES string of the molecule is Cc1cc(N(C)C(C)C(C)C)c2cc(N)ccc2n1. The van der Waals surface area contributed by atoms with Crippen LogP contribution < -0.4 is 10.6 Å². The molecule has 0 saturated heterocycles. The van der Waals surface area contributed by atoms with Gasteiger partial charge in [0.15, 0.2) is 0 Å². The molecule has 0 saturated carbocycles. The molecule has 1 heterocycles. The van der Waals surface area contributed by atoms with Gasteiger partial charge >= 0.3 is 0 Å². The fourth-order valence-corrected chi connectivity index (χ4v) is 2.31. The number of anilines is 2. The molecule has 3 nitrogen and oxygen atoms in total. The first-order valence-electron chi connectivity index (χ1n) is 6.80. The number of fused-ring (bicyclic) bond motifs is 1. The lowest BCUT2D eigenvalue weighted by atomic mass is 10.0. The van der Waals surface area contributed by atoms with Crippen LogP contribution in [0.3, 0.4) is 0 Å². The molecule has 0 aliphatic heterocycles. The minimum absolute atomic E-state index is 0.464. The third kappa shape index (κ3) is 2.65. The highest BCUT2D eigenvalue weighted by Crippen LogP contribution is 2.30. The molecule has 2 rings (SSSR count). The van der Waals surface area contributed by atoms with Crippen LogP contribution in [0.4, 0.5) is 11.4 Å². The fraction of sp³-hybridized carbons (Fsp3) is 0.438. The molecule has 0 radical (unpaired) electrons. The van der Waals surface area contributed by atoms with E-state index >= 15 is 0 Å². The topological polar surface area (TPSA) is 42.1 Å². The van der Waals surface area contributed by atoms with E-state index in [1.165, 1.54) is 5.69 Å². The van der Waals surface area contributed by atoms with Crippen molar-refractivity contribution in [3.8, 4) is 0 Å². The summed E-state index contributed by atoms with van der Waals surface area (Å²) in [6.07, 6.45) is 0. The van der Waals surface area contributed by atoms with Crippen LogP contribution in [-0.4, -0.2) is 18.1 Å². The number of nitrogen functional groups attached to an aromatic ring is 1. The molecule has 0 fully saturated rings. The van der Waals surface area contributed by atoms with Crippen LogP contribution in [0.25, 0.3) is 10.9 Å². The van der Waals surface area contributed by atoms with E-state index in [9.17, 15) is 0 Å². The molecule has 1 aromatic heterocycles. The van der Waals surface area contributed by atoms with Crippen molar-refractivity contribution in [3.05, 3.63) is 30.0 Å². The maximum Gasteiger partial charge on any atom is 0.0727 e. The van der Waals surface area contributed by atoms with Crippen molar-refractivity contribution < 1.29 is 0 Å². The van der Waals surface area contributed by atoms with Crippen molar-refractivity contribution in [1.82, 2.24) is 4.98 Å². The second-order valence-corrected chi connectivity index (χ2v) is 5.65. The largest absolute Gasteiger partial charge is 0.399 e. The maximum absolute atomic E-state index is 5.92. The molecule has 3 heteroatoms. The molecule has 0 aliphatic carbocycles. The summed E-state index contributed by atoms with van der Waals surface area (Å²) in [6.45, 7) is 8.77. The van der Waals surface area contributed by atoms with Crippen LogP contribution >= 0.6 is 0 Å². The standard InChI is InChI=1S/C16H23N3/c1-10(2)12(4)19(5)16-8-11(3)18-15-7-6-13(17)9-14(15)16/h6-10,12H,17H2,1-5H3. The molecule has 19 heavy (non-hydrogen) atoms. The monoisotopic (exact) mass is 257 g/mol. The van der Waals surface area contributed by atoms with Gasteiger partial charge in [-0.25, -0.2) is 0 Å². The summed E-state index contributed by atoms with van der Waals surface area (Å²) in [4.78, 5) is 6.90. The molecule has 0 aliphatic rings. The molecule has 102 valence electrons. The highest BCUT2D eigenvalue weighted by Gasteiger charge is 2.16. The highest BCUT2D eigenvalue weighted by atomic mass is 15.1. The average molecular weight is 257 g/mol. The van der Waals surface area contributed by atoms with E-state index in [1.807, 2.05) is 25.1 Å². The summed E-state index contributed by atoms with van der Waals surface area (Å²) in [7, 11) is 2.14. The lowest BCUT2D eigenvalue weighted by Crippen LogP contribution is -2.33. The Labute approximate surface area is 115 Å². The van der Waals surface area contributed by atoms with Gasteiger partial charge in [0, 0.05) is 35.5 Å². The molecular weight excluding hydrogens is 234 g/mol. The first kappa shape index (κ1) is 13.7. The molecule has 2 aromatic rings. The quantitative estimate of drug-likeness (QED) is 0.854. The van der Waals surface area contributed by atoms with Crippen LogP contribution in [0.15, 0.2) is 24.3 Å². The van der Waals surface area contributed by atoms with E-state index in [4.69, 9.17) is 5.73 Å². The molecule has 0 amide bonds. The van der Waals surface area contributed by atoms with Crippen molar-refractivity contribution in [2.75, 3.05) is 17.7 Å². The van der Waals surface area contributed by atoms with Gasteiger partial charge in [-0.2, -0.15) is 0 Å². The third-order valence-corrected chi connectivity index (χ3v) is 3.89. The molecular formula is C16H23N3. The normalized spacial score (nSPS) is 12.9. The minimum Gasteiger partial charge on any atom is -0.399 e. The first-order chi connectivity index (χ1) is 8.90. The van der Waals surface area contributed by atoms with Crippen LogP contribution in [0, 0.1) is 12.8 Å². The Balaban J connectivity index is 2.61. The zero-order valence-electron chi connectivity index (χ0n) is 12.4. The van der Waals surface area contributed by atoms with Gasteiger partial charge in [0.25, 0.3) is 0 Å². The molecule has 1 unspecified atom stereocenters. The molecule has 1 atom stereocenters. The van der Waals surface area contributed by atoms with Gasteiger partial charge in [-0.15, -0.1) is 0 Å². The summed E-state index contributed by atoms with van der Waals surface area (Å²) >= 11 is 0. The Morgan fingerprint density at radius 1 is 1.16 bits per heavy atom. The van der Waals surface area contributed by atoms with Crippen molar-refractivity contribution >= 4 is 22.3 Å². The number of hydrogen-bond donors (Lipinski definition) is 1. The zero-order chi connectivity index (χ0) is 14.2. The van der Waals surface area contributed by atoms with Gasteiger partial charge < -0.3 is 10.6 Å². The number of benzene rings is 1. The fourth-order valence-electron chi connectivity index (χ4n) is 2.31. The van der Waals surface area contributed by atoms with Gasteiger partial charge in [-0.1, -0.05) is 13.8 Å². The first-order valence-corrected chi connectivity index (χ1v) is 6.80. The van der Waals surface area contributed by atoms with Crippen LogP contribution in [0.1, 0.15) is 26.5 Å². The number of rotatable bonds is 3. The van der Waals surface area contributed by atoms with Crippen molar-refractivity contribution in [3.63, 3.8) is 0 Å². The summed E-state index contributed by atoms with van der Waals surface area (Å²) in [5.74, 6) is 0.592. The van der Waals surface area contributed by atoms with Gasteiger partial charge in [-0.3, -0.25) is 4.98 Å². The van der Waals surface area contributed by atoms with E-state index in [2.05, 4.69) is 43.8 Å². The van der Waals surface area contributed by atoms with Crippen molar-refractivity contribution in [2.45, 2.75) is 33.7 Å². The van der Waals surface area contributed by atoms with Crippen LogP contribution in [0.5, 0.6) is 0 Å². The lowest BCUT2D eigenvalue weighted by Gasteiger charge is -2.31. The number of nitrogens with two attached hydrogens (primary N) is 1. The smallest absolute Gasteiger partial charge is 0.0727 e. The predicted octanol–water partition coefficient (Wildman–Crippen LogP) is 3.61. The van der Waals surface area contributed by atoms with E-state index in [0.29, 0.717) is 12.0 Å². The average Bonchev–Trinajstić information content (AvgIpc) is 2.36. The van der Waals surface area contributed by atoms with Crippen molar-refractivity contribution in [2.24, 2.45) is 5.92 Å². The van der Waals surface area contributed by atoms with Crippen LogP contribution in [0.2, 0.25) is 0 Å². The Kier molecular flexibility index (Phi) is 3.65. The zero-order valence-corrected chi connectivity index (χ0v) is 12.4. The van der Waals surface area contributed by atoms with E-state index in [1.54, 1.807) is 0 Å².